The summed E-state index contributed by atoms with van der Waals surface area (Å²) < 4.78 is 5.21. The van der Waals surface area contributed by atoms with E-state index in [1.165, 1.54) is 12.8 Å². The van der Waals surface area contributed by atoms with Crippen LogP contribution in [-0.2, 0) is 9.53 Å². The van der Waals surface area contributed by atoms with Crippen LogP contribution in [0.1, 0.15) is 46.0 Å². The van der Waals surface area contributed by atoms with Gasteiger partial charge in [0, 0.05) is 6.61 Å². The van der Waals surface area contributed by atoms with Gasteiger partial charge in [0.2, 0.25) is 5.91 Å². The van der Waals surface area contributed by atoms with Gasteiger partial charge in [-0.3, -0.25) is 4.79 Å². The van der Waals surface area contributed by atoms with Crippen LogP contribution in [-0.4, -0.2) is 18.6 Å². The van der Waals surface area contributed by atoms with E-state index in [-0.39, 0.29) is 12.0 Å². The van der Waals surface area contributed by atoms with Crippen LogP contribution >= 0.6 is 0 Å². The second kappa shape index (κ2) is 8.05. The monoisotopic (exact) mass is 187 g/mol. The summed E-state index contributed by atoms with van der Waals surface area (Å²) in [7, 11) is 0. The first-order valence-corrected chi connectivity index (χ1v) is 5.13. The minimum Gasteiger partial charge on any atom is -0.369 e. The SMILES string of the molecule is CCCCCCC(OCC)C(N)=O. The van der Waals surface area contributed by atoms with Gasteiger partial charge in [-0.1, -0.05) is 32.6 Å². The van der Waals surface area contributed by atoms with Gasteiger partial charge >= 0.3 is 0 Å². The Kier molecular flexibility index (Phi) is 7.69. The maximum Gasteiger partial charge on any atom is 0.246 e. The van der Waals surface area contributed by atoms with Crippen LogP contribution in [0.2, 0.25) is 0 Å². The number of hydrogen-bond donors (Lipinski definition) is 1. The molecule has 0 radical (unpaired) electrons. The molecule has 3 heteroatoms. The molecule has 0 aromatic heterocycles. The Labute approximate surface area is 80.6 Å². The molecule has 0 aliphatic rings. The lowest BCUT2D eigenvalue weighted by atomic mass is 10.1. The quantitative estimate of drug-likeness (QED) is 0.589. The molecule has 0 rings (SSSR count). The lowest BCUT2D eigenvalue weighted by molar-refractivity contribution is -0.129. The molecule has 0 saturated heterocycles. The third kappa shape index (κ3) is 6.58. The Hall–Kier alpha value is -0.570. The van der Waals surface area contributed by atoms with Gasteiger partial charge in [-0.2, -0.15) is 0 Å². The Balaban J connectivity index is 3.51. The summed E-state index contributed by atoms with van der Waals surface area (Å²) in [5, 5.41) is 0. The number of primary amides is 1. The topological polar surface area (TPSA) is 52.3 Å². The molecule has 1 atom stereocenters. The fourth-order valence-electron chi connectivity index (χ4n) is 1.27. The van der Waals surface area contributed by atoms with Gasteiger partial charge in [-0.25, -0.2) is 0 Å². The van der Waals surface area contributed by atoms with E-state index >= 15 is 0 Å². The molecular formula is C10H21NO2. The molecule has 1 amide bonds. The van der Waals surface area contributed by atoms with Crippen molar-refractivity contribution in [3.63, 3.8) is 0 Å². The van der Waals surface area contributed by atoms with E-state index in [1.54, 1.807) is 0 Å². The molecule has 0 aromatic carbocycles. The summed E-state index contributed by atoms with van der Waals surface area (Å²) in [6.07, 6.45) is 5.01. The fraction of sp³-hybridized carbons (Fsp3) is 0.900. The highest BCUT2D eigenvalue weighted by Gasteiger charge is 2.13. The molecule has 0 spiro atoms. The van der Waals surface area contributed by atoms with Gasteiger partial charge in [0.25, 0.3) is 0 Å². The van der Waals surface area contributed by atoms with Crippen molar-refractivity contribution in [2.75, 3.05) is 6.61 Å². The van der Waals surface area contributed by atoms with E-state index in [0.717, 1.165) is 19.3 Å². The second-order valence-corrected chi connectivity index (χ2v) is 3.20. The summed E-state index contributed by atoms with van der Waals surface area (Å²) >= 11 is 0. The Morgan fingerprint density at radius 3 is 2.46 bits per heavy atom. The molecule has 0 aromatic rings. The van der Waals surface area contributed by atoms with Gasteiger partial charge in [-0.05, 0) is 13.3 Å². The zero-order chi connectivity index (χ0) is 10.1. The number of carbonyl (C=O) groups excluding carboxylic acids is 1. The van der Waals surface area contributed by atoms with Crippen molar-refractivity contribution in [3.05, 3.63) is 0 Å². The van der Waals surface area contributed by atoms with Crippen LogP contribution in [0.3, 0.4) is 0 Å². The van der Waals surface area contributed by atoms with Gasteiger partial charge in [-0.15, -0.1) is 0 Å². The first kappa shape index (κ1) is 12.4. The minimum absolute atomic E-state index is 0.335. The van der Waals surface area contributed by atoms with E-state index in [1.807, 2.05) is 6.92 Å². The highest BCUT2D eigenvalue weighted by atomic mass is 16.5. The normalized spacial score (nSPS) is 12.8. The second-order valence-electron chi connectivity index (χ2n) is 3.20. The van der Waals surface area contributed by atoms with Crippen molar-refractivity contribution in [1.29, 1.82) is 0 Å². The molecule has 2 N–H and O–H groups in total. The highest BCUT2D eigenvalue weighted by molar-refractivity contribution is 5.78. The number of carbonyl (C=O) groups is 1. The lowest BCUT2D eigenvalue weighted by Gasteiger charge is -2.12. The van der Waals surface area contributed by atoms with E-state index in [0.29, 0.717) is 6.61 Å². The van der Waals surface area contributed by atoms with Gasteiger partial charge in [0.1, 0.15) is 6.10 Å². The first-order valence-electron chi connectivity index (χ1n) is 5.13. The molecule has 78 valence electrons. The van der Waals surface area contributed by atoms with Gasteiger partial charge in [0.05, 0.1) is 0 Å². The Morgan fingerprint density at radius 1 is 1.31 bits per heavy atom. The van der Waals surface area contributed by atoms with Crippen LogP contribution in [0.15, 0.2) is 0 Å². The minimum atomic E-state index is -0.373. The largest absolute Gasteiger partial charge is 0.369 e. The lowest BCUT2D eigenvalue weighted by Crippen LogP contribution is -2.31. The summed E-state index contributed by atoms with van der Waals surface area (Å²) in [6, 6.07) is 0. The molecular weight excluding hydrogens is 166 g/mol. The predicted octanol–water partition coefficient (Wildman–Crippen LogP) is 1.85. The van der Waals surface area contributed by atoms with Crippen molar-refractivity contribution in [1.82, 2.24) is 0 Å². The van der Waals surface area contributed by atoms with Crippen LogP contribution < -0.4 is 5.73 Å². The molecule has 3 nitrogen and oxygen atoms in total. The predicted molar refractivity (Wildman–Crippen MR) is 53.4 cm³/mol. The molecule has 0 aliphatic carbocycles. The zero-order valence-electron chi connectivity index (χ0n) is 8.71. The molecule has 0 aliphatic heterocycles. The summed E-state index contributed by atoms with van der Waals surface area (Å²) in [4.78, 5) is 10.9. The molecule has 0 heterocycles. The fourth-order valence-corrected chi connectivity index (χ4v) is 1.27. The Bertz CT molecular complexity index is 137. The molecule has 0 fully saturated rings. The van der Waals surface area contributed by atoms with Crippen molar-refractivity contribution in [2.45, 2.75) is 52.1 Å². The van der Waals surface area contributed by atoms with Crippen molar-refractivity contribution >= 4 is 5.91 Å². The average molecular weight is 187 g/mol. The standard InChI is InChI=1S/C10H21NO2/c1-3-5-6-7-8-9(10(11)12)13-4-2/h9H,3-8H2,1-2H3,(H2,11,12). The van der Waals surface area contributed by atoms with Crippen LogP contribution in [0.5, 0.6) is 0 Å². The van der Waals surface area contributed by atoms with Crippen LogP contribution in [0, 0.1) is 0 Å². The van der Waals surface area contributed by atoms with Gasteiger partial charge < -0.3 is 10.5 Å². The van der Waals surface area contributed by atoms with Crippen LogP contribution in [0.4, 0.5) is 0 Å². The third-order valence-corrected chi connectivity index (χ3v) is 2.01. The van der Waals surface area contributed by atoms with E-state index in [4.69, 9.17) is 10.5 Å². The number of rotatable bonds is 8. The number of amides is 1. The number of hydrogen-bond acceptors (Lipinski definition) is 2. The Morgan fingerprint density at radius 2 is 2.00 bits per heavy atom. The molecule has 1 unspecified atom stereocenters. The summed E-state index contributed by atoms with van der Waals surface area (Å²) in [5.41, 5.74) is 5.17. The van der Waals surface area contributed by atoms with Crippen molar-refractivity contribution in [3.8, 4) is 0 Å². The van der Waals surface area contributed by atoms with Crippen molar-refractivity contribution in [2.24, 2.45) is 5.73 Å². The molecule has 13 heavy (non-hydrogen) atoms. The smallest absolute Gasteiger partial charge is 0.246 e. The number of nitrogens with two attached hydrogens (primary N) is 1. The van der Waals surface area contributed by atoms with E-state index in [2.05, 4.69) is 6.92 Å². The van der Waals surface area contributed by atoms with E-state index < -0.39 is 0 Å². The first-order chi connectivity index (χ1) is 6.22. The average Bonchev–Trinajstić information content (AvgIpc) is 2.10. The maximum absolute atomic E-state index is 10.9. The highest BCUT2D eigenvalue weighted by Crippen LogP contribution is 2.07. The molecule has 0 saturated carbocycles. The summed E-state index contributed by atoms with van der Waals surface area (Å²) in [6.45, 7) is 4.59. The van der Waals surface area contributed by atoms with Crippen LogP contribution in [0.25, 0.3) is 0 Å². The third-order valence-electron chi connectivity index (χ3n) is 2.01. The maximum atomic E-state index is 10.9. The van der Waals surface area contributed by atoms with Gasteiger partial charge in [0.15, 0.2) is 0 Å². The number of unbranched alkanes of at least 4 members (excludes halogenated alkanes) is 3. The van der Waals surface area contributed by atoms with E-state index in [9.17, 15) is 4.79 Å². The summed E-state index contributed by atoms with van der Waals surface area (Å²) in [5.74, 6) is -0.335. The van der Waals surface area contributed by atoms with Crippen molar-refractivity contribution < 1.29 is 9.53 Å². The zero-order valence-corrected chi connectivity index (χ0v) is 8.71. The number of ether oxygens (including phenoxy) is 1. The molecule has 0 bridgehead atoms.